The molecule has 2 fully saturated rings. The number of anilines is 2. The standard InChI is InChI=1S/C28H24N6O3.C26H22N6O2.C4H6O3.CH4/c1-17(35)33-14-18(15-33)16-34-24-9-5-4-8-23(24)26(32-34)28(37)29-20-12-10-19(11-13-20)25-21-6-2-3-7-22(21)27(36)31-30-25;33-25-20-6-2-1-5-19(20)23(29-30-25)17-9-11-18(12-10-17)28-26(34)24-21-7-3-4-8-22(21)32(31-24)15-16-13-27-14-16;1-3(5)7-4(2)6;/h2-13,18H,14-16H2,1H3,(H,29,37)(H,31,36);1-12,16,27H,13-15H2,(H,28,34)(H,30,33);1-2H3;1H4. The Balaban J connectivity index is 0.000000170. The van der Waals surface area contributed by atoms with Crippen LogP contribution in [0.25, 0.3) is 65.9 Å². The maximum absolute atomic E-state index is 13.2. The molecule has 10 aromatic rings. The molecule has 2 aliphatic rings. The fourth-order valence-corrected chi connectivity index (χ4v) is 9.45. The van der Waals surface area contributed by atoms with Crippen molar-refractivity contribution in [2.75, 3.05) is 36.8 Å². The smallest absolute Gasteiger partial charge is 0.310 e. The predicted octanol–water partition coefficient (Wildman–Crippen LogP) is 7.81. The number of amides is 3. The van der Waals surface area contributed by atoms with E-state index in [4.69, 9.17) is 0 Å². The Morgan fingerprint density at radius 3 is 1.27 bits per heavy atom. The maximum Gasteiger partial charge on any atom is 0.310 e. The van der Waals surface area contributed by atoms with Gasteiger partial charge in [-0.05, 0) is 48.5 Å². The van der Waals surface area contributed by atoms with Crippen LogP contribution in [0, 0.1) is 11.8 Å². The number of carbonyl (C=O) groups is 5. The van der Waals surface area contributed by atoms with Crippen molar-refractivity contribution in [1.29, 1.82) is 0 Å². The molecule has 12 rings (SSSR count). The van der Waals surface area contributed by atoms with Gasteiger partial charge >= 0.3 is 11.9 Å². The average molecular weight is 1060 g/mol. The third kappa shape index (κ3) is 11.9. The Kier molecular flexibility index (Phi) is 16.0. The number of rotatable bonds is 10. The zero-order valence-electron chi connectivity index (χ0n) is 42.7. The molecule has 2 saturated heterocycles. The number of fused-ring (bicyclic) bond motifs is 4. The van der Waals surface area contributed by atoms with Gasteiger partial charge < -0.3 is 25.6 Å². The van der Waals surface area contributed by atoms with Gasteiger partial charge in [0.2, 0.25) is 5.91 Å². The van der Waals surface area contributed by atoms with Gasteiger partial charge in [0, 0.05) is 116 Å². The molecule has 0 spiro atoms. The number of hydrogen-bond donors (Lipinski definition) is 5. The summed E-state index contributed by atoms with van der Waals surface area (Å²) in [5.41, 5.74) is 6.46. The van der Waals surface area contributed by atoms with Crippen LogP contribution in [0.2, 0.25) is 0 Å². The van der Waals surface area contributed by atoms with Gasteiger partial charge in [-0.1, -0.05) is 104 Å². The second kappa shape index (κ2) is 23.5. The van der Waals surface area contributed by atoms with E-state index in [9.17, 15) is 33.6 Å². The molecule has 0 unspecified atom stereocenters. The lowest BCUT2D eigenvalue weighted by molar-refractivity contribution is -0.156. The Labute approximate surface area is 451 Å². The first-order chi connectivity index (χ1) is 37.8. The number of aromatic amines is 2. The fraction of sp³-hybridized carbons (Fsp3) is 0.203. The molecule has 0 aliphatic carbocycles. The highest BCUT2D eigenvalue weighted by Crippen LogP contribution is 2.29. The number of aromatic nitrogens is 8. The zero-order valence-corrected chi connectivity index (χ0v) is 42.7. The lowest BCUT2D eigenvalue weighted by Crippen LogP contribution is -2.50. The zero-order chi connectivity index (χ0) is 54.5. The van der Waals surface area contributed by atoms with E-state index >= 15 is 0 Å². The number of hydrogen-bond acceptors (Lipinski definition) is 13. The monoisotopic (exact) mass is 1060 g/mol. The van der Waals surface area contributed by atoms with E-state index < -0.39 is 11.9 Å². The minimum absolute atomic E-state index is 0. The van der Waals surface area contributed by atoms with Gasteiger partial charge in [-0.25, -0.2) is 10.2 Å². The number of likely N-dealkylation sites (tertiary alicyclic amines) is 1. The second-order valence-electron chi connectivity index (χ2n) is 19.0. The first-order valence-corrected chi connectivity index (χ1v) is 25.1. The number of para-hydroxylation sites is 2. The van der Waals surface area contributed by atoms with Crippen molar-refractivity contribution in [2.45, 2.75) is 41.3 Å². The molecular formula is C59H56N12O8. The number of benzene rings is 6. The van der Waals surface area contributed by atoms with Crippen molar-refractivity contribution < 1.29 is 28.7 Å². The van der Waals surface area contributed by atoms with Gasteiger partial charge in [-0.15, -0.1) is 0 Å². The Bertz CT molecular complexity index is 4030. The number of esters is 2. The van der Waals surface area contributed by atoms with E-state index in [0.29, 0.717) is 76.4 Å². The summed E-state index contributed by atoms with van der Waals surface area (Å²) in [4.78, 5) is 83.5. The number of nitrogens with one attached hydrogen (secondary N) is 5. The SMILES string of the molecule is C.CC(=O)N1CC(Cn2nc(C(=O)Nc3ccc(-c4n[nH]c(=O)c5ccccc45)cc3)c3ccccc32)C1.CC(=O)OC(C)=O.O=C(Nc1ccc(-c2n[nH]c(=O)c3ccccc23)cc1)c1nn(CC2CNC2)c2ccccc12. The molecule has 400 valence electrons. The van der Waals surface area contributed by atoms with Crippen LogP contribution in [0.4, 0.5) is 11.4 Å². The van der Waals surface area contributed by atoms with E-state index in [2.05, 4.69) is 51.3 Å². The molecular weight excluding hydrogens is 1000 g/mol. The minimum Gasteiger partial charge on any atom is -0.394 e. The van der Waals surface area contributed by atoms with Crippen molar-refractivity contribution in [3.63, 3.8) is 0 Å². The quantitative estimate of drug-likeness (QED) is 0.0647. The van der Waals surface area contributed by atoms with Crippen LogP contribution >= 0.6 is 0 Å². The molecule has 6 heterocycles. The number of ether oxygens (including phenoxy) is 1. The van der Waals surface area contributed by atoms with Crippen LogP contribution in [0.5, 0.6) is 0 Å². The summed E-state index contributed by atoms with van der Waals surface area (Å²) >= 11 is 0. The summed E-state index contributed by atoms with van der Waals surface area (Å²) in [6.45, 7) is 8.73. The lowest BCUT2D eigenvalue weighted by atomic mass is 10.0. The third-order valence-electron chi connectivity index (χ3n) is 13.4. The largest absolute Gasteiger partial charge is 0.394 e. The number of H-pyrrole nitrogens is 2. The molecule has 0 atom stereocenters. The molecule has 4 aromatic heterocycles. The van der Waals surface area contributed by atoms with Crippen molar-refractivity contribution >= 4 is 84.4 Å². The third-order valence-corrected chi connectivity index (χ3v) is 13.4. The summed E-state index contributed by atoms with van der Waals surface area (Å²) in [7, 11) is 0. The van der Waals surface area contributed by atoms with Gasteiger partial charge in [0.25, 0.3) is 22.9 Å². The molecule has 79 heavy (non-hydrogen) atoms. The van der Waals surface area contributed by atoms with Gasteiger partial charge in [0.05, 0.1) is 33.2 Å². The predicted molar refractivity (Wildman–Crippen MR) is 302 cm³/mol. The first kappa shape index (κ1) is 53.9. The fourth-order valence-electron chi connectivity index (χ4n) is 9.45. The summed E-state index contributed by atoms with van der Waals surface area (Å²) in [6, 6.07) is 44.9. The Morgan fingerprint density at radius 2 is 0.899 bits per heavy atom. The van der Waals surface area contributed by atoms with E-state index in [1.165, 1.54) is 13.8 Å². The highest BCUT2D eigenvalue weighted by molar-refractivity contribution is 6.12. The normalized spacial score (nSPS) is 13.0. The Hall–Kier alpha value is -9.95. The van der Waals surface area contributed by atoms with Crippen molar-refractivity contribution in [1.82, 2.24) is 50.2 Å². The summed E-state index contributed by atoms with van der Waals surface area (Å²) in [5.74, 6) is -0.744. The molecule has 2 aliphatic heterocycles. The molecule has 20 heteroatoms. The van der Waals surface area contributed by atoms with Gasteiger partial charge in [-0.2, -0.15) is 20.4 Å². The maximum atomic E-state index is 13.2. The van der Waals surface area contributed by atoms with Gasteiger partial charge in [-0.3, -0.25) is 42.9 Å². The van der Waals surface area contributed by atoms with Gasteiger partial charge in [0.15, 0.2) is 11.4 Å². The second-order valence-corrected chi connectivity index (χ2v) is 19.0. The van der Waals surface area contributed by atoms with Crippen LogP contribution in [0.1, 0.15) is 49.2 Å². The molecule has 0 saturated carbocycles. The van der Waals surface area contributed by atoms with Crippen LogP contribution in [0.15, 0.2) is 155 Å². The van der Waals surface area contributed by atoms with E-state index in [0.717, 1.165) is 63.3 Å². The van der Waals surface area contributed by atoms with Crippen LogP contribution in [-0.2, 0) is 32.2 Å². The van der Waals surface area contributed by atoms with Crippen molar-refractivity contribution in [3.05, 3.63) is 178 Å². The molecule has 0 radical (unpaired) electrons. The van der Waals surface area contributed by atoms with E-state index in [1.807, 2.05) is 131 Å². The summed E-state index contributed by atoms with van der Waals surface area (Å²) in [6.07, 6.45) is 0. The van der Waals surface area contributed by atoms with Crippen LogP contribution in [0.3, 0.4) is 0 Å². The van der Waals surface area contributed by atoms with Crippen molar-refractivity contribution in [2.24, 2.45) is 11.8 Å². The highest BCUT2D eigenvalue weighted by atomic mass is 16.6. The van der Waals surface area contributed by atoms with E-state index in [-0.39, 0.29) is 36.3 Å². The average Bonchev–Trinajstić information content (AvgIpc) is 4.10. The molecule has 20 nitrogen and oxygen atoms in total. The molecule has 0 bridgehead atoms. The van der Waals surface area contributed by atoms with Crippen molar-refractivity contribution in [3.8, 4) is 22.5 Å². The highest BCUT2D eigenvalue weighted by Gasteiger charge is 2.30. The van der Waals surface area contributed by atoms with E-state index in [1.54, 1.807) is 36.1 Å². The summed E-state index contributed by atoms with van der Waals surface area (Å²) in [5, 5.41) is 36.4. The number of carbonyl (C=O) groups excluding carboxylic acids is 5. The molecule has 3 amide bonds. The minimum atomic E-state index is -0.562. The van der Waals surface area contributed by atoms with Gasteiger partial charge in [0.1, 0.15) is 0 Å². The topological polar surface area (TPSA) is 261 Å². The lowest BCUT2D eigenvalue weighted by Gasteiger charge is -2.38. The Morgan fingerprint density at radius 1 is 0.519 bits per heavy atom. The first-order valence-electron chi connectivity index (χ1n) is 25.1. The number of nitrogens with zero attached hydrogens (tertiary/aromatic N) is 7. The molecule has 6 aromatic carbocycles. The van der Waals surface area contributed by atoms with Crippen LogP contribution in [-0.4, -0.2) is 101 Å². The molecule has 5 N–H and O–H groups in total. The summed E-state index contributed by atoms with van der Waals surface area (Å²) < 4.78 is 7.77. The van der Waals surface area contributed by atoms with Crippen LogP contribution < -0.4 is 27.1 Å².